The Morgan fingerprint density at radius 2 is 2.06 bits per heavy atom. The van der Waals surface area contributed by atoms with Gasteiger partial charge in [0.2, 0.25) is 5.78 Å². The average molecular weight is 448 g/mol. The fourth-order valence-corrected chi connectivity index (χ4v) is 3.84. The van der Waals surface area contributed by atoms with Crippen molar-refractivity contribution in [2.24, 2.45) is 0 Å². The molecular formula is C21H21FN2O6S. The van der Waals surface area contributed by atoms with Gasteiger partial charge in [-0.05, 0) is 31.0 Å². The predicted octanol–water partition coefficient (Wildman–Crippen LogP) is 3.67. The number of benzene rings is 1. The van der Waals surface area contributed by atoms with Gasteiger partial charge in [-0.3, -0.25) is 14.4 Å². The van der Waals surface area contributed by atoms with Crippen molar-refractivity contribution in [3.63, 3.8) is 0 Å². The van der Waals surface area contributed by atoms with Crippen LogP contribution in [-0.2, 0) is 21.1 Å². The number of thiazole rings is 1. The number of carboxylic acids is 1. The molecule has 1 aromatic carbocycles. The van der Waals surface area contributed by atoms with Crippen LogP contribution in [0.2, 0.25) is 0 Å². The molecule has 2 aromatic heterocycles. The largest absolute Gasteiger partial charge is 0.481 e. The second kappa shape index (κ2) is 9.80. The molecule has 2 heterocycles. The number of aliphatic carboxylic acids is 1. The van der Waals surface area contributed by atoms with Gasteiger partial charge in [-0.1, -0.05) is 6.92 Å². The smallest absolute Gasteiger partial charge is 0.307 e. The number of aliphatic hydroxyl groups excluding tert-OH is 1. The molecule has 3 rings (SSSR count). The molecule has 0 aliphatic carbocycles. The number of fused-ring (bicyclic) bond motifs is 1. The van der Waals surface area contributed by atoms with E-state index in [0.717, 1.165) is 11.3 Å². The van der Waals surface area contributed by atoms with E-state index in [2.05, 4.69) is 4.98 Å². The van der Waals surface area contributed by atoms with E-state index < -0.39 is 23.9 Å². The first-order chi connectivity index (χ1) is 14.8. The number of ketones is 1. The summed E-state index contributed by atoms with van der Waals surface area (Å²) in [4.78, 5) is 39.6. The molecule has 0 amide bonds. The summed E-state index contributed by atoms with van der Waals surface area (Å²) in [6, 6.07) is 3.94. The number of halogens is 1. The van der Waals surface area contributed by atoms with Gasteiger partial charge in [-0.25, -0.2) is 9.37 Å². The number of aromatic nitrogens is 2. The lowest BCUT2D eigenvalue weighted by atomic mass is 10.1. The highest BCUT2D eigenvalue weighted by atomic mass is 32.1. The highest BCUT2D eigenvalue weighted by molar-refractivity contribution is 7.12. The number of carboxylic acid groups (broad SMARTS) is 1. The monoisotopic (exact) mass is 448 g/mol. The number of aliphatic hydroxyl groups is 1. The number of carbonyl (C=O) groups excluding carboxylic acids is 2. The number of esters is 1. The molecule has 0 radical (unpaired) electrons. The van der Waals surface area contributed by atoms with Gasteiger partial charge in [-0.2, -0.15) is 0 Å². The summed E-state index contributed by atoms with van der Waals surface area (Å²) in [5.74, 6) is -2.49. The Bertz CT molecular complexity index is 1120. The van der Waals surface area contributed by atoms with Crippen LogP contribution < -0.4 is 0 Å². The van der Waals surface area contributed by atoms with Crippen molar-refractivity contribution in [2.45, 2.75) is 45.4 Å². The standard InChI is InChI=1S/C21H21FN2O6S/c1-2-17(25)15-10-31-21(23-15)20(29)14-9-24(16-8-12(22)6-7-13(14)16)11-30-19(28)5-3-4-18(26)27/h6-10,17,25H,2-5,11H2,1H3,(H,26,27)/t17-/m1/s1. The topological polar surface area (TPSA) is 119 Å². The number of rotatable bonds is 10. The molecule has 2 N–H and O–H groups in total. The van der Waals surface area contributed by atoms with Crippen molar-refractivity contribution < 1.29 is 33.7 Å². The molecule has 0 aliphatic rings. The molecule has 8 nitrogen and oxygen atoms in total. The third-order valence-corrected chi connectivity index (χ3v) is 5.53. The SMILES string of the molecule is CC[C@@H](O)c1csc(C(=O)c2cn(COC(=O)CCCC(=O)O)c3cc(F)ccc23)n1. The summed E-state index contributed by atoms with van der Waals surface area (Å²) >= 11 is 1.11. The van der Waals surface area contributed by atoms with Crippen molar-refractivity contribution in [1.82, 2.24) is 9.55 Å². The van der Waals surface area contributed by atoms with Crippen LogP contribution in [0.5, 0.6) is 0 Å². The fourth-order valence-electron chi connectivity index (χ4n) is 3.02. The molecule has 1 atom stereocenters. The van der Waals surface area contributed by atoms with Crippen LogP contribution in [0.3, 0.4) is 0 Å². The summed E-state index contributed by atoms with van der Waals surface area (Å²) in [5.41, 5.74) is 1.05. The molecule has 10 heteroatoms. The second-order valence-corrected chi connectivity index (χ2v) is 7.76. The van der Waals surface area contributed by atoms with Crippen LogP contribution in [0.15, 0.2) is 29.8 Å². The fraction of sp³-hybridized carbons (Fsp3) is 0.333. The molecule has 0 unspecified atom stereocenters. The minimum absolute atomic E-state index is 0.0622. The molecule has 0 saturated heterocycles. The Balaban J connectivity index is 1.83. The summed E-state index contributed by atoms with van der Waals surface area (Å²) in [5, 5.41) is 20.8. The van der Waals surface area contributed by atoms with Crippen molar-refractivity contribution in [2.75, 3.05) is 0 Å². The Morgan fingerprint density at radius 3 is 2.77 bits per heavy atom. The van der Waals surface area contributed by atoms with E-state index in [1.807, 2.05) is 0 Å². The molecule has 31 heavy (non-hydrogen) atoms. The van der Waals surface area contributed by atoms with Crippen LogP contribution >= 0.6 is 11.3 Å². The molecule has 0 fully saturated rings. The summed E-state index contributed by atoms with van der Waals surface area (Å²) in [6.07, 6.45) is 1.12. The first-order valence-corrected chi connectivity index (χ1v) is 10.5. The maximum atomic E-state index is 13.8. The lowest BCUT2D eigenvalue weighted by Crippen LogP contribution is -2.09. The summed E-state index contributed by atoms with van der Waals surface area (Å²) in [7, 11) is 0. The minimum Gasteiger partial charge on any atom is -0.481 e. The van der Waals surface area contributed by atoms with E-state index in [1.165, 1.54) is 29.0 Å². The molecule has 164 valence electrons. The molecule has 0 saturated carbocycles. The zero-order valence-electron chi connectivity index (χ0n) is 16.7. The Hall–Kier alpha value is -3.11. The Morgan fingerprint density at radius 1 is 1.29 bits per heavy atom. The van der Waals surface area contributed by atoms with Gasteiger partial charge >= 0.3 is 11.9 Å². The third kappa shape index (κ3) is 5.33. The van der Waals surface area contributed by atoms with Crippen LogP contribution in [0.25, 0.3) is 10.9 Å². The third-order valence-electron chi connectivity index (χ3n) is 4.67. The first-order valence-electron chi connectivity index (χ1n) is 9.64. The number of carbonyl (C=O) groups is 3. The Labute approximate surface area is 180 Å². The Kier molecular flexibility index (Phi) is 7.13. The van der Waals surface area contributed by atoms with Crippen LogP contribution in [0.4, 0.5) is 4.39 Å². The lowest BCUT2D eigenvalue weighted by molar-refractivity contribution is -0.147. The summed E-state index contributed by atoms with van der Waals surface area (Å²) < 4.78 is 20.4. The zero-order chi connectivity index (χ0) is 22.5. The second-order valence-electron chi connectivity index (χ2n) is 6.90. The maximum absolute atomic E-state index is 13.8. The van der Waals surface area contributed by atoms with Gasteiger partial charge in [0.1, 0.15) is 5.82 Å². The maximum Gasteiger partial charge on any atom is 0.307 e. The number of nitrogens with zero attached hydrogens (tertiary/aromatic N) is 2. The normalized spacial score (nSPS) is 12.1. The van der Waals surface area contributed by atoms with Crippen molar-refractivity contribution >= 4 is 40.0 Å². The van der Waals surface area contributed by atoms with Crippen molar-refractivity contribution in [3.8, 4) is 0 Å². The van der Waals surface area contributed by atoms with Crippen LogP contribution in [0.1, 0.15) is 59.8 Å². The van der Waals surface area contributed by atoms with E-state index in [0.29, 0.717) is 23.0 Å². The summed E-state index contributed by atoms with van der Waals surface area (Å²) in [6.45, 7) is 1.55. The van der Waals surface area contributed by atoms with E-state index in [1.54, 1.807) is 12.3 Å². The molecular weight excluding hydrogens is 427 g/mol. The molecule has 0 bridgehead atoms. The number of ether oxygens (including phenoxy) is 1. The van der Waals surface area contributed by atoms with Gasteiger partial charge in [-0.15, -0.1) is 11.3 Å². The first kappa shape index (κ1) is 22.6. The number of hydrogen-bond acceptors (Lipinski definition) is 7. The molecule has 3 aromatic rings. The van der Waals surface area contributed by atoms with E-state index >= 15 is 0 Å². The van der Waals surface area contributed by atoms with Crippen molar-refractivity contribution in [3.05, 3.63) is 51.9 Å². The van der Waals surface area contributed by atoms with Gasteiger partial charge in [0.05, 0.1) is 22.9 Å². The van der Waals surface area contributed by atoms with Crippen LogP contribution in [0, 0.1) is 5.82 Å². The van der Waals surface area contributed by atoms with Gasteiger partial charge in [0, 0.05) is 29.8 Å². The van der Waals surface area contributed by atoms with E-state index in [-0.39, 0.29) is 42.3 Å². The lowest BCUT2D eigenvalue weighted by Gasteiger charge is -2.07. The van der Waals surface area contributed by atoms with Crippen LogP contribution in [-0.4, -0.2) is 37.5 Å². The molecule has 0 spiro atoms. The minimum atomic E-state index is -1.00. The van der Waals surface area contributed by atoms with Gasteiger partial charge in [0.15, 0.2) is 11.7 Å². The van der Waals surface area contributed by atoms with E-state index in [9.17, 15) is 23.9 Å². The van der Waals surface area contributed by atoms with Crippen molar-refractivity contribution in [1.29, 1.82) is 0 Å². The quantitative estimate of drug-likeness (QED) is 0.359. The zero-order valence-corrected chi connectivity index (χ0v) is 17.5. The average Bonchev–Trinajstić information content (AvgIpc) is 3.36. The number of hydrogen-bond donors (Lipinski definition) is 2. The van der Waals surface area contributed by atoms with Gasteiger partial charge in [0.25, 0.3) is 0 Å². The predicted molar refractivity (Wildman–Crippen MR) is 110 cm³/mol. The highest BCUT2D eigenvalue weighted by Crippen LogP contribution is 2.27. The van der Waals surface area contributed by atoms with E-state index in [4.69, 9.17) is 9.84 Å². The highest BCUT2D eigenvalue weighted by Gasteiger charge is 2.21. The molecule has 0 aliphatic heterocycles. The van der Waals surface area contributed by atoms with Gasteiger partial charge < -0.3 is 19.5 Å².